The van der Waals surface area contributed by atoms with Crippen LogP contribution in [0.3, 0.4) is 0 Å². The molecule has 1 aliphatic heterocycles. The van der Waals surface area contributed by atoms with Crippen LogP contribution in [0.15, 0.2) is 97.1 Å². The van der Waals surface area contributed by atoms with Gasteiger partial charge in [0.15, 0.2) is 0 Å². The Morgan fingerprint density at radius 3 is 1.64 bits per heavy atom. The summed E-state index contributed by atoms with van der Waals surface area (Å²) in [6.07, 6.45) is 0.964. The lowest BCUT2D eigenvalue weighted by Crippen LogP contribution is -2.18. The van der Waals surface area contributed by atoms with Crippen molar-refractivity contribution in [1.82, 2.24) is 0 Å². The SMILES string of the molecule is N#Cc1ccc(-c2ccc(N3c4ccccc4Cc4ccccc43)cc2)cc1. The van der Waals surface area contributed by atoms with E-state index in [1.165, 1.54) is 22.5 Å². The van der Waals surface area contributed by atoms with Crippen LogP contribution in [0.5, 0.6) is 0 Å². The van der Waals surface area contributed by atoms with Gasteiger partial charge in [0.1, 0.15) is 0 Å². The van der Waals surface area contributed by atoms with E-state index in [9.17, 15) is 0 Å². The third kappa shape index (κ3) is 2.74. The molecular formula is C26H18N2. The first-order valence-corrected chi connectivity index (χ1v) is 9.40. The average Bonchev–Trinajstić information content (AvgIpc) is 2.77. The van der Waals surface area contributed by atoms with Crippen molar-refractivity contribution in [2.24, 2.45) is 0 Å². The molecule has 4 aromatic carbocycles. The van der Waals surface area contributed by atoms with Gasteiger partial charge in [-0.25, -0.2) is 0 Å². The van der Waals surface area contributed by atoms with E-state index in [0.29, 0.717) is 5.56 Å². The highest BCUT2D eigenvalue weighted by Crippen LogP contribution is 2.43. The highest BCUT2D eigenvalue weighted by Gasteiger charge is 2.23. The monoisotopic (exact) mass is 358 g/mol. The molecule has 0 fully saturated rings. The van der Waals surface area contributed by atoms with Crippen LogP contribution in [0.25, 0.3) is 11.1 Å². The van der Waals surface area contributed by atoms with Crippen molar-refractivity contribution in [1.29, 1.82) is 5.26 Å². The molecule has 1 aliphatic rings. The molecule has 0 saturated carbocycles. The standard InChI is InChI=1S/C26H18N2/c27-18-19-9-11-20(12-10-19)21-13-15-24(16-14-21)28-25-7-3-1-5-22(25)17-23-6-2-4-8-26(23)28/h1-16H,17H2. The van der Waals surface area contributed by atoms with Crippen molar-refractivity contribution in [3.05, 3.63) is 114 Å². The molecule has 0 unspecified atom stereocenters. The largest absolute Gasteiger partial charge is 0.310 e. The Morgan fingerprint density at radius 2 is 1.11 bits per heavy atom. The number of nitrogens with zero attached hydrogens (tertiary/aromatic N) is 2. The Bertz CT molecular complexity index is 1140. The molecule has 5 rings (SSSR count). The van der Waals surface area contributed by atoms with E-state index >= 15 is 0 Å². The van der Waals surface area contributed by atoms with Gasteiger partial charge in [-0.15, -0.1) is 0 Å². The molecule has 0 aliphatic carbocycles. The lowest BCUT2D eigenvalue weighted by atomic mass is 9.95. The zero-order valence-corrected chi connectivity index (χ0v) is 15.3. The number of para-hydroxylation sites is 2. The topological polar surface area (TPSA) is 27.0 Å². The Balaban J connectivity index is 1.57. The van der Waals surface area contributed by atoms with Crippen LogP contribution < -0.4 is 4.90 Å². The lowest BCUT2D eigenvalue weighted by Gasteiger charge is -2.33. The molecule has 0 bridgehead atoms. The molecule has 0 radical (unpaired) electrons. The Hall–Kier alpha value is -3.83. The Kier molecular flexibility index (Phi) is 3.92. The fraction of sp³-hybridized carbons (Fsp3) is 0.0385. The van der Waals surface area contributed by atoms with Gasteiger partial charge in [-0.05, 0) is 58.7 Å². The molecule has 1 heterocycles. The summed E-state index contributed by atoms with van der Waals surface area (Å²) in [4.78, 5) is 2.34. The molecule has 0 spiro atoms. The van der Waals surface area contributed by atoms with Crippen molar-refractivity contribution in [3.63, 3.8) is 0 Å². The van der Waals surface area contributed by atoms with Crippen LogP contribution in [0.1, 0.15) is 16.7 Å². The minimum absolute atomic E-state index is 0.682. The number of anilines is 3. The van der Waals surface area contributed by atoms with Crippen LogP contribution in [0, 0.1) is 11.3 Å². The summed E-state index contributed by atoms with van der Waals surface area (Å²) in [5.41, 5.74) is 9.27. The van der Waals surface area contributed by atoms with Gasteiger partial charge in [0.2, 0.25) is 0 Å². The van der Waals surface area contributed by atoms with E-state index in [2.05, 4.69) is 83.8 Å². The summed E-state index contributed by atoms with van der Waals surface area (Å²) in [7, 11) is 0. The van der Waals surface area contributed by atoms with Crippen molar-refractivity contribution < 1.29 is 0 Å². The third-order valence-corrected chi connectivity index (χ3v) is 5.32. The number of benzene rings is 4. The minimum Gasteiger partial charge on any atom is -0.310 e. The van der Waals surface area contributed by atoms with Crippen LogP contribution in [-0.4, -0.2) is 0 Å². The molecule has 2 heteroatoms. The van der Waals surface area contributed by atoms with Crippen molar-refractivity contribution in [2.45, 2.75) is 6.42 Å². The third-order valence-electron chi connectivity index (χ3n) is 5.32. The quantitative estimate of drug-likeness (QED) is 0.355. The fourth-order valence-electron chi connectivity index (χ4n) is 3.91. The highest BCUT2D eigenvalue weighted by molar-refractivity contribution is 5.84. The zero-order valence-electron chi connectivity index (χ0n) is 15.3. The maximum Gasteiger partial charge on any atom is 0.0991 e. The Morgan fingerprint density at radius 1 is 0.607 bits per heavy atom. The van der Waals surface area contributed by atoms with Crippen molar-refractivity contribution in [3.8, 4) is 17.2 Å². The minimum atomic E-state index is 0.682. The number of hydrogen-bond donors (Lipinski definition) is 0. The second-order valence-corrected chi connectivity index (χ2v) is 7.01. The van der Waals surface area contributed by atoms with Crippen LogP contribution in [-0.2, 0) is 6.42 Å². The van der Waals surface area contributed by atoms with Gasteiger partial charge < -0.3 is 4.90 Å². The maximum atomic E-state index is 8.98. The lowest BCUT2D eigenvalue weighted by molar-refractivity contribution is 1.09. The molecule has 0 saturated heterocycles. The highest BCUT2D eigenvalue weighted by atomic mass is 15.2. The average molecular weight is 358 g/mol. The van der Waals surface area contributed by atoms with Gasteiger partial charge in [-0.1, -0.05) is 60.7 Å². The number of hydrogen-bond acceptors (Lipinski definition) is 2. The first-order chi connectivity index (χ1) is 13.8. The number of nitriles is 1. The molecule has 0 aromatic heterocycles. The molecule has 0 atom stereocenters. The molecule has 132 valence electrons. The van der Waals surface area contributed by atoms with E-state index in [0.717, 1.165) is 23.2 Å². The zero-order chi connectivity index (χ0) is 18.9. The van der Waals surface area contributed by atoms with Gasteiger partial charge in [0.05, 0.1) is 11.6 Å². The van der Waals surface area contributed by atoms with Gasteiger partial charge in [-0.3, -0.25) is 0 Å². The van der Waals surface area contributed by atoms with Crippen LogP contribution in [0.4, 0.5) is 17.1 Å². The number of fused-ring (bicyclic) bond motifs is 2. The number of rotatable bonds is 2. The smallest absolute Gasteiger partial charge is 0.0991 e. The van der Waals surface area contributed by atoms with Gasteiger partial charge in [-0.2, -0.15) is 5.26 Å². The van der Waals surface area contributed by atoms with Crippen molar-refractivity contribution >= 4 is 17.1 Å². The predicted octanol–water partition coefficient (Wildman–Crippen LogP) is 6.60. The summed E-state index contributed by atoms with van der Waals surface area (Å²) in [6.45, 7) is 0. The summed E-state index contributed by atoms with van der Waals surface area (Å²) in [6, 6.07) is 35.8. The summed E-state index contributed by atoms with van der Waals surface area (Å²) in [5.74, 6) is 0. The summed E-state index contributed by atoms with van der Waals surface area (Å²) >= 11 is 0. The van der Waals surface area contributed by atoms with Crippen LogP contribution >= 0.6 is 0 Å². The molecule has 0 amide bonds. The van der Waals surface area contributed by atoms with E-state index in [4.69, 9.17) is 5.26 Å². The molecule has 28 heavy (non-hydrogen) atoms. The molecule has 2 nitrogen and oxygen atoms in total. The van der Waals surface area contributed by atoms with E-state index < -0.39 is 0 Å². The molecule has 0 N–H and O–H groups in total. The van der Waals surface area contributed by atoms with Gasteiger partial charge in [0, 0.05) is 23.5 Å². The normalized spacial score (nSPS) is 12.0. The van der Waals surface area contributed by atoms with E-state index in [-0.39, 0.29) is 0 Å². The Labute approximate surface area is 164 Å². The van der Waals surface area contributed by atoms with Crippen LogP contribution in [0.2, 0.25) is 0 Å². The van der Waals surface area contributed by atoms with Crippen molar-refractivity contribution in [2.75, 3.05) is 4.90 Å². The second kappa shape index (κ2) is 6.72. The van der Waals surface area contributed by atoms with Gasteiger partial charge >= 0.3 is 0 Å². The van der Waals surface area contributed by atoms with E-state index in [1.54, 1.807) is 0 Å². The second-order valence-electron chi connectivity index (χ2n) is 7.01. The fourth-order valence-corrected chi connectivity index (χ4v) is 3.91. The van der Waals surface area contributed by atoms with E-state index in [1.807, 2.05) is 24.3 Å². The molecular weight excluding hydrogens is 340 g/mol. The molecule has 4 aromatic rings. The first-order valence-electron chi connectivity index (χ1n) is 9.40. The maximum absolute atomic E-state index is 8.98. The summed E-state index contributed by atoms with van der Waals surface area (Å²) < 4.78 is 0. The summed E-state index contributed by atoms with van der Waals surface area (Å²) in [5, 5.41) is 8.98. The van der Waals surface area contributed by atoms with Gasteiger partial charge in [0.25, 0.3) is 0 Å². The predicted molar refractivity (Wildman–Crippen MR) is 114 cm³/mol. The first kappa shape index (κ1) is 16.4.